The molecule has 1 aliphatic carbocycles. The molecule has 12 heavy (non-hydrogen) atoms. The van der Waals surface area contributed by atoms with Crippen LogP contribution in [0.15, 0.2) is 0 Å². The molecule has 72 valence electrons. The first-order valence-electron chi connectivity index (χ1n) is 4.45. The molecule has 3 heteroatoms. The Bertz CT molecular complexity index is 131. The lowest BCUT2D eigenvalue weighted by Crippen LogP contribution is -2.53. The highest BCUT2D eigenvalue weighted by atomic mass is 16.7. The molecule has 1 fully saturated rings. The van der Waals surface area contributed by atoms with E-state index in [0.29, 0.717) is 0 Å². The smallest absolute Gasteiger partial charge is 0.196 e. The predicted octanol–water partition coefficient (Wildman–Crippen LogP) is 1.16. The van der Waals surface area contributed by atoms with E-state index in [1.165, 1.54) is 0 Å². The second-order valence-corrected chi connectivity index (χ2v) is 3.48. The number of aliphatic hydroxyl groups excluding tert-OH is 1. The Morgan fingerprint density at radius 1 is 1.25 bits per heavy atom. The first kappa shape index (κ1) is 9.96. The fourth-order valence-electron chi connectivity index (χ4n) is 2.11. The van der Waals surface area contributed by atoms with Crippen LogP contribution in [0.5, 0.6) is 0 Å². The lowest BCUT2D eigenvalue weighted by molar-refractivity contribution is -0.296. The van der Waals surface area contributed by atoms with E-state index in [9.17, 15) is 5.11 Å². The molecule has 1 rings (SSSR count). The third-order valence-corrected chi connectivity index (χ3v) is 2.90. The van der Waals surface area contributed by atoms with Crippen LogP contribution in [0.2, 0.25) is 0 Å². The molecule has 0 aromatic heterocycles. The van der Waals surface area contributed by atoms with Crippen LogP contribution in [0.25, 0.3) is 0 Å². The Morgan fingerprint density at radius 2 is 1.83 bits per heavy atom. The van der Waals surface area contributed by atoms with Crippen LogP contribution >= 0.6 is 0 Å². The van der Waals surface area contributed by atoms with Crippen LogP contribution in [0.4, 0.5) is 0 Å². The Balaban J connectivity index is 2.77. The van der Waals surface area contributed by atoms with E-state index >= 15 is 0 Å². The van der Waals surface area contributed by atoms with Crippen LogP contribution in [-0.2, 0) is 9.47 Å². The minimum absolute atomic E-state index is 0.260. The van der Waals surface area contributed by atoms with Crippen molar-refractivity contribution in [3.63, 3.8) is 0 Å². The van der Waals surface area contributed by atoms with Gasteiger partial charge in [-0.3, -0.25) is 0 Å². The topological polar surface area (TPSA) is 38.7 Å². The highest BCUT2D eigenvalue weighted by Gasteiger charge is 2.45. The number of rotatable bonds is 2. The van der Waals surface area contributed by atoms with Gasteiger partial charge in [0.15, 0.2) is 5.79 Å². The maximum atomic E-state index is 9.74. The summed E-state index contributed by atoms with van der Waals surface area (Å²) in [5.41, 5.74) is 0. The van der Waals surface area contributed by atoms with Crippen LogP contribution in [0, 0.1) is 5.92 Å². The maximum Gasteiger partial charge on any atom is 0.196 e. The monoisotopic (exact) mass is 174 g/mol. The third kappa shape index (κ3) is 1.37. The van der Waals surface area contributed by atoms with E-state index in [4.69, 9.17) is 9.47 Å². The van der Waals surface area contributed by atoms with Crippen LogP contribution in [0.1, 0.15) is 26.2 Å². The second kappa shape index (κ2) is 3.73. The van der Waals surface area contributed by atoms with Crippen LogP contribution < -0.4 is 0 Å². The minimum Gasteiger partial charge on any atom is -0.387 e. The molecule has 2 atom stereocenters. The molecule has 1 N–H and O–H groups in total. The molecule has 1 saturated carbocycles. The molecule has 3 nitrogen and oxygen atoms in total. The summed E-state index contributed by atoms with van der Waals surface area (Å²) in [6, 6.07) is 0. The first-order valence-corrected chi connectivity index (χ1v) is 4.45. The van der Waals surface area contributed by atoms with Crippen molar-refractivity contribution in [2.24, 2.45) is 5.92 Å². The van der Waals surface area contributed by atoms with Gasteiger partial charge in [0, 0.05) is 20.1 Å². The van der Waals surface area contributed by atoms with Crippen molar-refractivity contribution < 1.29 is 14.6 Å². The van der Waals surface area contributed by atoms with Crippen molar-refractivity contribution in [3.05, 3.63) is 0 Å². The lowest BCUT2D eigenvalue weighted by atomic mass is 9.82. The number of hydrogen-bond acceptors (Lipinski definition) is 3. The highest BCUT2D eigenvalue weighted by Crippen LogP contribution is 2.36. The molecule has 2 unspecified atom stereocenters. The summed E-state index contributed by atoms with van der Waals surface area (Å²) < 4.78 is 10.6. The van der Waals surface area contributed by atoms with E-state index in [1.807, 2.05) is 0 Å². The Hall–Kier alpha value is -0.120. The summed E-state index contributed by atoms with van der Waals surface area (Å²) >= 11 is 0. The highest BCUT2D eigenvalue weighted by molar-refractivity contribution is 4.88. The molecule has 0 aliphatic heterocycles. The molecule has 0 heterocycles. The summed E-state index contributed by atoms with van der Waals surface area (Å²) in [7, 11) is 3.18. The SMILES string of the molecule is COC1(OC)C(C)CCCC1O. The normalized spacial score (nSPS) is 35.0. The molecule has 0 radical (unpaired) electrons. The molecule has 0 bridgehead atoms. The fourth-order valence-corrected chi connectivity index (χ4v) is 2.11. The van der Waals surface area contributed by atoms with E-state index in [-0.39, 0.29) is 5.92 Å². The summed E-state index contributed by atoms with van der Waals surface area (Å²) in [6.07, 6.45) is 2.39. The summed E-state index contributed by atoms with van der Waals surface area (Å²) in [6.45, 7) is 2.05. The number of hydrogen-bond donors (Lipinski definition) is 1. The van der Waals surface area contributed by atoms with E-state index in [0.717, 1.165) is 19.3 Å². The van der Waals surface area contributed by atoms with E-state index < -0.39 is 11.9 Å². The molecule has 1 aliphatic rings. The molecule has 0 spiro atoms. The van der Waals surface area contributed by atoms with Crippen molar-refractivity contribution in [2.75, 3.05) is 14.2 Å². The van der Waals surface area contributed by atoms with Crippen molar-refractivity contribution in [1.82, 2.24) is 0 Å². The Kier molecular flexibility index (Phi) is 3.09. The van der Waals surface area contributed by atoms with Crippen molar-refractivity contribution in [1.29, 1.82) is 0 Å². The molecule has 0 amide bonds. The second-order valence-electron chi connectivity index (χ2n) is 3.48. The first-order chi connectivity index (χ1) is 5.67. The lowest BCUT2D eigenvalue weighted by Gasteiger charge is -2.43. The largest absolute Gasteiger partial charge is 0.387 e. The van der Waals surface area contributed by atoms with Gasteiger partial charge in [0.1, 0.15) is 6.10 Å². The zero-order valence-electron chi connectivity index (χ0n) is 8.04. The average Bonchev–Trinajstić information content (AvgIpc) is 2.06. The average molecular weight is 174 g/mol. The zero-order valence-corrected chi connectivity index (χ0v) is 8.04. The van der Waals surface area contributed by atoms with Crippen LogP contribution in [0.3, 0.4) is 0 Å². The van der Waals surface area contributed by atoms with Gasteiger partial charge < -0.3 is 14.6 Å². The van der Waals surface area contributed by atoms with Crippen molar-refractivity contribution in [3.8, 4) is 0 Å². The zero-order chi connectivity index (χ0) is 9.19. The molecule has 0 aromatic carbocycles. The van der Waals surface area contributed by atoms with Crippen molar-refractivity contribution >= 4 is 0 Å². The summed E-state index contributed by atoms with van der Waals surface area (Å²) in [4.78, 5) is 0. The molecule has 0 aromatic rings. The van der Waals surface area contributed by atoms with Gasteiger partial charge in [-0.15, -0.1) is 0 Å². The molecule has 0 saturated heterocycles. The van der Waals surface area contributed by atoms with E-state index in [2.05, 4.69) is 6.92 Å². The fraction of sp³-hybridized carbons (Fsp3) is 1.00. The summed E-state index contributed by atoms with van der Waals surface area (Å²) in [5.74, 6) is -0.505. The van der Waals surface area contributed by atoms with Gasteiger partial charge in [-0.25, -0.2) is 0 Å². The van der Waals surface area contributed by atoms with Gasteiger partial charge in [-0.2, -0.15) is 0 Å². The Labute approximate surface area is 73.7 Å². The van der Waals surface area contributed by atoms with Gasteiger partial charge in [0.25, 0.3) is 0 Å². The minimum atomic E-state index is -0.766. The van der Waals surface area contributed by atoms with Gasteiger partial charge in [0.2, 0.25) is 0 Å². The number of methoxy groups -OCH3 is 2. The predicted molar refractivity (Wildman–Crippen MR) is 45.8 cm³/mol. The third-order valence-electron chi connectivity index (χ3n) is 2.90. The summed E-state index contributed by atoms with van der Waals surface area (Å²) in [5, 5.41) is 9.74. The Morgan fingerprint density at radius 3 is 2.17 bits per heavy atom. The van der Waals surface area contributed by atoms with Gasteiger partial charge in [-0.1, -0.05) is 13.3 Å². The van der Waals surface area contributed by atoms with Crippen LogP contribution in [-0.4, -0.2) is 31.2 Å². The van der Waals surface area contributed by atoms with E-state index in [1.54, 1.807) is 14.2 Å². The molecular formula is C9H18O3. The van der Waals surface area contributed by atoms with Gasteiger partial charge >= 0.3 is 0 Å². The maximum absolute atomic E-state index is 9.74. The van der Waals surface area contributed by atoms with Gasteiger partial charge in [0.05, 0.1) is 0 Å². The molecular weight excluding hydrogens is 156 g/mol. The number of ether oxygens (including phenoxy) is 2. The number of aliphatic hydroxyl groups is 1. The van der Waals surface area contributed by atoms with Gasteiger partial charge in [-0.05, 0) is 12.8 Å². The standard InChI is InChI=1S/C9H18O3/c1-7-5-4-6-8(10)9(7,11-2)12-3/h7-8,10H,4-6H2,1-3H3. The van der Waals surface area contributed by atoms with Crippen molar-refractivity contribution in [2.45, 2.75) is 38.1 Å². The quantitative estimate of drug-likeness (QED) is 0.638.